The molecule has 148 valence electrons. The lowest BCUT2D eigenvalue weighted by Gasteiger charge is -2.43. The maximum absolute atomic E-state index is 13.3. The number of rotatable bonds is 5. The Morgan fingerprint density at radius 2 is 1.96 bits per heavy atom. The average Bonchev–Trinajstić information content (AvgIpc) is 2.69. The fourth-order valence-corrected chi connectivity index (χ4v) is 3.63. The lowest BCUT2D eigenvalue weighted by atomic mass is 9.95. The summed E-state index contributed by atoms with van der Waals surface area (Å²) < 4.78 is 5.79. The zero-order valence-corrected chi connectivity index (χ0v) is 16.8. The molecule has 0 saturated carbocycles. The molecule has 28 heavy (non-hydrogen) atoms. The molecule has 1 aliphatic heterocycles. The molecule has 0 N–H and O–H groups in total. The van der Waals surface area contributed by atoms with E-state index in [9.17, 15) is 9.59 Å². The van der Waals surface area contributed by atoms with Gasteiger partial charge in [0, 0.05) is 19.3 Å². The van der Waals surface area contributed by atoms with Crippen molar-refractivity contribution in [2.24, 2.45) is 0 Å². The average molecular weight is 381 g/mol. The molecule has 6 nitrogen and oxygen atoms in total. The third-order valence-corrected chi connectivity index (χ3v) is 5.08. The van der Waals surface area contributed by atoms with Crippen molar-refractivity contribution in [1.29, 1.82) is 0 Å². The van der Waals surface area contributed by atoms with Crippen LogP contribution in [0.3, 0.4) is 0 Å². The first-order chi connectivity index (χ1) is 13.4. The predicted octanol–water partition coefficient (Wildman–Crippen LogP) is 2.73. The molecule has 0 bridgehead atoms. The van der Waals surface area contributed by atoms with Crippen molar-refractivity contribution in [1.82, 2.24) is 14.8 Å². The second-order valence-corrected chi connectivity index (χ2v) is 7.44. The first kappa shape index (κ1) is 20.0. The normalized spacial score (nSPS) is 19.8. The van der Waals surface area contributed by atoms with E-state index in [4.69, 9.17) is 4.74 Å². The van der Waals surface area contributed by atoms with E-state index in [2.05, 4.69) is 4.98 Å². The molecule has 1 saturated heterocycles. The van der Waals surface area contributed by atoms with E-state index in [-0.39, 0.29) is 24.5 Å². The number of nitrogens with zero attached hydrogens (tertiary/aromatic N) is 3. The number of pyridine rings is 1. The Morgan fingerprint density at radius 1 is 1.25 bits per heavy atom. The molecule has 2 heterocycles. The van der Waals surface area contributed by atoms with Crippen LogP contribution in [-0.4, -0.2) is 52.4 Å². The summed E-state index contributed by atoms with van der Waals surface area (Å²) in [4.78, 5) is 33.6. The van der Waals surface area contributed by atoms with Crippen LogP contribution >= 0.6 is 0 Å². The van der Waals surface area contributed by atoms with Crippen LogP contribution in [0.15, 0.2) is 48.7 Å². The highest BCUT2D eigenvalue weighted by Gasteiger charge is 2.43. The first-order valence-corrected chi connectivity index (χ1v) is 9.53. The number of aromatic nitrogens is 1. The van der Waals surface area contributed by atoms with Crippen LogP contribution in [0.4, 0.5) is 0 Å². The second-order valence-electron chi connectivity index (χ2n) is 7.44. The van der Waals surface area contributed by atoms with Crippen LogP contribution < -0.4 is 0 Å². The maximum Gasteiger partial charge on any atom is 0.254 e. The number of carbonyl (C=O) groups excluding carboxylic acids is 2. The molecule has 2 aromatic rings. The van der Waals surface area contributed by atoms with Gasteiger partial charge in [0.05, 0.1) is 18.3 Å². The molecule has 1 fully saturated rings. The van der Waals surface area contributed by atoms with Crippen LogP contribution in [0, 0.1) is 6.92 Å². The summed E-state index contributed by atoms with van der Waals surface area (Å²) in [6, 6.07) is 13.0. The number of ether oxygens (including phenoxy) is 1. The highest BCUT2D eigenvalue weighted by atomic mass is 16.5. The molecule has 1 aromatic heterocycles. The third kappa shape index (κ3) is 4.07. The van der Waals surface area contributed by atoms with Crippen molar-refractivity contribution in [3.8, 4) is 0 Å². The minimum Gasteiger partial charge on any atom is -0.356 e. The summed E-state index contributed by atoms with van der Waals surface area (Å²) in [7, 11) is 1.75. The molecule has 0 radical (unpaired) electrons. The molecule has 0 aliphatic carbocycles. The maximum atomic E-state index is 13.3. The molecule has 2 atom stereocenters. The van der Waals surface area contributed by atoms with Crippen molar-refractivity contribution in [3.63, 3.8) is 0 Å². The van der Waals surface area contributed by atoms with Crippen molar-refractivity contribution in [2.45, 2.75) is 45.5 Å². The van der Waals surface area contributed by atoms with Gasteiger partial charge >= 0.3 is 0 Å². The summed E-state index contributed by atoms with van der Waals surface area (Å²) in [5.74, 6) is -0.256. The quantitative estimate of drug-likeness (QED) is 0.799. The molecule has 6 heteroatoms. The van der Waals surface area contributed by atoms with E-state index < -0.39 is 12.1 Å². The summed E-state index contributed by atoms with van der Waals surface area (Å²) in [5.41, 5.74) is 2.78. The number of hydrogen-bond acceptors (Lipinski definition) is 4. The SMILES string of the molecule is Cc1cccnc1CN(C)C(=O)[C@H]1OCC(=O)N(C(C)C)[C@@H]1c1ccccc1. The number of aryl methyl sites for hydroxylation is 1. The molecular weight excluding hydrogens is 354 g/mol. The third-order valence-electron chi connectivity index (χ3n) is 5.08. The predicted molar refractivity (Wildman–Crippen MR) is 106 cm³/mol. The van der Waals surface area contributed by atoms with Crippen LogP contribution in [0.1, 0.15) is 36.7 Å². The molecular formula is C22H27N3O3. The lowest BCUT2D eigenvalue weighted by Crippen LogP contribution is -2.56. The highest BCUT2D eigenvalue weighted by molar-refractivity contribution is 5.86. The standard InChI is InChI=1S/C22H27N3O3/c1-15(2)25-19(26)14-28-21(20(25)17-10-6-5-7-11-17)22(27)24(4)13-18-16(3)9-8-12-23-18/h5-12,15,20-21H,13-14H2,1-4H3/t20-,21+/m1/s1. The Balaban J connectivity index is 1.90. The fraction of sp³-hybridized carbons (Fsp3) is 0.409. The topological polar surface area (TPSA) is 62.7 Å². The monoisotopic (exact) mass is 381 g/mol. The van der Waals surface area contributed by atoms with E-state index in [0.717, 1.165) is 16.8 Å². The van der Waals surface area contributed by atoms with Gasteiger partial charge in [0.15, 0.2) is 6.10 Å². The summed E-state index contributed by atoms with van der Waals surface area (Å²) >= 11 is 0. The Labute approximate surface area is 166 Å². The van der Waals surface area contributed by atoms with Crippen molar-refractivity contribution in [3.05, 3.63) is 65.5 Å². The van der Waals surface area contributed by atoms with Crippen molar-refractivity contribution < 1.29 is 14.3 Å². The molecule has 0 spiro atoms. The van der Waals surface area contributed by atoms with Gasteiger partial charge < -0.3 is 14.5 Å². The van der Waals surface area contributed by atoms with Crippen LogP contribution in [0.5, 0.6) is 0 Å². The van der Waals surface area contributed by atoms with Crippen LogP contribution in [0.2, 0.25) is 0 Å². The van der Waals surface area contributed by atoms with E-state index in [0.29, 0.717) is 6.54 Å². The van der Waals surface area contributed by atoms with Gasteiger partial charge in [-0.25, -0.2) is 0 Å². The minimum absolute atomic E-state index is 0.0414. The summed E-state index contributed by atoms with van der Waals surface area (Å²) in [6.07, 6.45) is 0.973. The zero-order valence-electron chi connectivity index (χ0n) is 16.8. The lowest BCUT2D eigenvalue weighted by molar-refractivity contribution is -0.171. The minimum atomic E-state index is -0.753. The van der Waals surface area contributed by atoms with Crippen molar-refractivity contribution >= 4 is 11.8 Å². The number of amides is 2. The van der Waals surface area contributed by atoms with Gasteiger partial charge in [-0.1, -0.05) is 36.4 Å². The summed E-state index contributed by atoms with van der Waals surface area (Å²) in [5, 5.41) is 0. The zero-order chi connectivity index (χ0) is 20.3. The number of likely N-dealkylation sites (N-methyl/N-ethyl adjacent to an activating group) is 1. The number of benzene rings is 1. The van der Waals surface area contributed by atoms with Gasteiger partial charge in [0.25, 0.3) is 5.91 Å². The van der Waals surface area contributed by atoms with Crippen molar-refractivity contribution in [2.75, 3.05) is 13.7 Å². The Kier molecular flexibility index (Phi) is 6.09. The summed E-state index contributed by atoms with van der Waals surface area (Å²) in [6.45, 7) is 6.20. The number of carbonyl (C=O) groups is 2. The van der Waals surface area contributed by atoms with E-state index >= 15 is 0 Å². The van der Waals surface area contributed by atoms with Gasteiger partial charge in [0.1, 0.15) is 6.61 Å². The van der Waals surface area contributed by atoms with Gasteiger partial charge in [-0.05, 0) is 38.0 Å². The smallest absolute Gasteiger partial charge is 0.254 e. The van der Waals surface area contributed by atoms with Crippen LogP contribution in [0.25, 0.3) is 0 Å². The molecule has 1 aromatic carbocycles. The molecule has 0 unspecified atom stereocenters. The highest BCUT2D eigenvalue weighted by Crippen LogP contribution is 2.33. The number of morpholine rings is 1. The largest absolute Gasteiger partial charge is 0.356 e. The molecule has 2 amide bonds. The number of hydrogen-bond donors (Lipinski definition) is 0. The fourth-order valence-electron chi connectivity index (χ4n) is 3.63. The van der Waals surface area contributed by atoms with Crippen LogP contribution in [-0.2, 0) is 20.9 Å². The molecule has 1 aliphatic rings. The van der Waals surface area contributed by atoms with Gasteiger partial charge in [-0.3, -0.25) is 14.6 Å². The van der Waals surface area contributed by atoms with E-state index in [1.807, 2.05) is 63.2 Å². The van der Waals surface area contributed by atoms with Gasteiger partial charge in [-0.15, -0.1) is 0 Å². The van der Waals surface area contributed by atoms with Gasteiger partial charge in [-0.2, -0.15) is 0 Å². The second kappa shape index (κ2) is 8.52. The Hall–Kier alpha value is -2.73. The van der Waals surface area contributed by atoms with E-state index in [1.165, 1.54) is 0 Å². The first-order valence-electron chi connectivity index (χ1n) is 9.53. The Bertz CT molecular complexity index is 838. The Morgan fingerprint density at radius 3 is 2.61 bits per heavy atom. The van der Waals surface area contributed by atoms with Gasteiger partial charge in [0.2, 0.25) is 5.91 Å². The molecule has 3 rings (SSSR count). The van der Waals surface area contributed by atoms with E-state index in [1.54, 1.807) is 23.0 Å².